The van der Waals surface area contributed by atoms with Gasteiger partial charge < -0.3 is 4.79 Å². The third-order valence-electron chi connectivity index (χ3n) is 0.733. The van der Waals surface area contributed by atoms with Crippen molar-refractivity contribution in [2.45, 2.75) is 13.8 Å². The number of ketones is 1. The molecule has 0 amide bonds. The third kappa shape index (κ3) is 22.6. The summed E-state index contributed by atoms with van der Waals surface area (Å²) in [5.74, 6) is 0.167. The number of benzene rings is 1. The Kier molecular flexibility index (Phi) is 14.7. The van der Waals surface area contributed by atoms with Crippen LogP contribution in [0.5, 0.6) is 0 Å². The van der Waals surface area contributed by atoms with Gasteiger partial charge in [0.2, 0.25) is 0 Å². The van der Waals surface area contributed by atoms with E-state index in [4.69, 9.17) is 0 Å². The van der Waals surface area contributed by atoms with E-state index in [0.29, 0.717) is 0 Å². The first kappa shape index (κ1) is 16.2. The van der Waals surface area contributed by atoms with Gasteiger partial charge in [0.15, 0.2) is 0 Å². The zero-order chi connectivity index (χ0) is 11.4. The molecule has 3 heteroatoms. The number of Topliss-reactive ketones (excluding diaryl/α,β-unsaturated/α-hetero) is 1. The average molecular weight is 277 g/mol. The number of hydrogen-bond acceptors (Lipinski definition) is 2. The molecule has 0 saturated heterocycles. The maximum atomic E-state index is 9.44. The number of thioether (sulfide) groups is 1. The van der Waals surface area contributed by atoms with Gasteiger partial charge in [-0.2, -0.15) is 11.8 Å². The molecule has 1 nitrogen and oxygen atoms in total. The molecule has 14 heavy (non-hydrogen) atoms. The Bertz CT molecular complexity index is 220. The summed E-state index contributed by atoms with van der Waals surface area (Å²) >= 11 is 5.06. The SMILES string of the molecule is Brc1ccccc1.CC(C)=O.CSC. The molecule has 0 aromatic heterocycles. The highest BCUT2D eigenvalue weighted by atomic mass is 79.9. The largest absolute Gasteiger partial charge is 0.300 e. The zero-order valence-corrected chi connectivity index (χ0v) is 11.5. The molecule has 0 saturated carbocycles. The van der Waals surface area contributed by atoms with Crippen molar-refractivity contribution in [2.24, 2.45) is 0 Å². The van der Waals surface area contributed by atoms with Gasteiger partial charge in [-0.05, 0) is 38.5 Å². The lowest BCUT2D eigenvalue weighted by Crippen LogP contribution is -1.69. The molecular formula is C11H17BrOS. The van der Waals surface area contributed by atoms with Crippen molar-refractivity contribution in [3.05, 3.63) is 34.8 Å². The Labute approximate surface area is 99.4 Å². The van der Waals surface area contributed by atoms with Crippen LogP contribution in [0.3, 0.4) is 0 Å². The Morgan fingerprint density at radius 3 is 1.57 bits per heavy atom. The molecular weight excluding hydrogens is 260 g/mol. The Hall–Kier alpha value is -0.280. The van der Waals surface area contributed by atoms with E-state index in [1.807, 2.05) is 42.8 Å². The second-order valence-electron chi connectivity index (χ2n) is 2.61. The second kappa shape index (κ2) is 12.7. The fourth-order valence-corrected chi connectivity index (χ4v) is 0.720. The van der Waals surface area contributed by atoms with Gasteiger partial charge in [-0.3, -0.25) is 0 Å². The predicted molar refractivity (Wildman–Crippen MR) is 69.9 cm³/mol. The summed E-state index contributed by atoms with van der Waals surface area (Å²) in [6.45, 7) is 3.06. The number of hydrogen-bond donors (Lipinski definition) is 0. The van der Waals surface area contributed by atoms with E-state index in [9.17, 15) is 4.79 Å². The van der Waals surface area contributed by atoms with Gasteiger partial charge in [0.1, 0.15) is 5.78 Å². The van der Waals surface area contributed by atoms with Crippen LogP contribution in [-0.2, 0) is 4.79 Å². The molecule has 0 N–H and O–H groups in total. The van der Waals surface area contributed by atoms with Gasteiger partial charge in [0.25, 0.3) is 0 Å². The molecule has 0 atom stereocenters. The Balaban J connectivity index is 0. The Morgan fingerprint density at radius 2 is 1.43 bits per heavy atom. The van der Waals surface area contributed by atoms with E-state index in [2.05, 4.69) is 15.9 Å². The molecule has 1 aromatic rings. The van der Waals surface area contributed by atoms with Gasteiger partial charge in [-0.15, -0.1) is 0 Å². The summed E-state index contributed by atoms with van der Waals surface area (Å²) in [5.41, 5.74) is 0. The van der Waals surface area contributed by atoms with Crippen LogP contribution < -0.4 is 0 Å². The van der Waals surface area contributed by atoms with Gasteiger partial charge in [-0.25, -0.2) is 0 Å². The van der Waals surface area contributed by atoms with Crippen LogP contribution in [0.2, 0.25) is 0 Å². The fraction of sp³-hybridized carbons (Fsp3) is 0.364. The highest BCUT2D eigenvalue weighted by Gasteiger charge is 1.74. The van der Waals surface area contributed by atoms with Crippen molar-refractivity contribution < 1.29 is 4.79 Å². The zero-order valence-electron chi connectivity index (χ0n) is 9.08. The lowest BCUT2D eigenvalue weighted by molar-refractivity contribution is -0.114. The minimum absolute atomic E-state index is 0.167. The van der Waals surface area contributed by atoms with Crippen LogP contribution in [-0.4, -0.2) is 18.3 Å². The van der Waals surface area contributed by atoms with Gasteiger partial charge in [0, 0.05) is 4.47 Å². The third-order valence-corrected chi connectivity index (χ3v) is 1.26. The average Bonchev–Trinajstić information content (AvgIpc) is 2.05. The lowest BCUT2D eigenvalue weighted by atomic mass is 10.4. The quantitative estimate of drug-likeness (QED) is 0.712. The lowest BCUT2D eigenvalue weighted by Gasteiger charge is -1.80. The molecule has 0 spiro atoms. The van der Waals surface area contributed by atoms with Crippen molar-refractivity contribution in [1.29, 1.82) is 0 Å². The molecule has 0 aliphatic rings. The van der Waals surface area contributed by atoms with E-state index < -0.39 is 0 Å². The van der Waals surface area contributed by atoms with E-state index in [0.717, 1.165) is 4.47 Å². The van der Waals surface area contributed by atoms with Crippen molar-refractivity contribution in [3.63, 3.8) is 0 Å². The first-order valence-electron chi connectivity index (χ1n) is 4.12. The minimum Gasteiger partial charge on any atom is -0.300 e. The van der Waals surface area contributed by atoms with Crippen LogP contribution >= 0.6 is 27.7 Å². The van der Waals surface area contributed by atoms with Gasteiger partial charge in [-0.1, -0.05) is 34.1 Å². The summed E-state index contributed by atoms with van der Waals surface area (Å²) in [4.78, 5) is 9.44. The van der Waals surface area contributed by atoms with Crippen LogP contribution in [0, 0.1) is 0 Å². The normalized spacial score (nSPS) is 7.50. The smallest absolute Gasteiger partial charge is 0.126 e. The first-order chi connectivity index (χ1) is 6.54. The van der Waals surface area contributed by atoms with E-state index in [1.54, 1.807) is 11.8 Å². The summed E-state index contributed by atoms with van der Waals surface area (Å²) in [6, 6.07) is 9.97. The molecule has 1 rings (SSSR count). The van der Waals surface area contributed by atoms with Crippen LogP contribution in [0.1, 0.15) is 13.8 Å². The molecule has 0 aliphatic carbocycles. The van der Waals surface area contributed by atoms with E-state index >= 15 is 0 Å². The predicted octanol–water partition coefficient (Wildman–Crippen LogP) is 4.02. The summed E-state index contributed by atoms with van der Waals surface area (Å²) in [6.07, 6.45) is 4.08. The molecule has 80 valence electrons. The highest BCUT2D eigenvalue weighted by molar-refractivity contribution is 9.10. The number of rotatable bonds is 0. The fourth-order valence-electron chi connectivity index (χ4n) is 0.415. The summed E-state index contributed by atoms with van der Waals surface area (Å²) in [5, 5.41) is 0. The molecule has 0 heterocycles. The number of carbonyl (C=O) groups excluding carboxylic acids is 1. The van der Waals surface area contributed by atoms with Crippen LogP contribution in [0.4, 0.5) is 0 Å². The van der Waals surface area contributed by atoms with Crippen LogP contribution in [0.15, 0.2) is 34.8 Å². The second-order valence-corrected chi connectivity index (χ2v) is 4.34. The monoisotopic (exact) mass is 276 g/mol. The van der Waals surface area contributed by atoms with Crippen molar-refractivity contribution in [2.75, 3.05) is 12.5 Å². The number of carbonyl (C=O) groups is 1. The number of halogens is 1. The van der Waals surface area contributed by atoms with Crippen molar-refractivity contribution >= 4 is 33.5 Å². The van der Waals surface area contributed by atoms with Crippen LogP contribution in [0.25, 0.3) is 0 Å². The highest BCUT2D eigenvalue weighted by Crippen LogP contribution is 2.05. The van der Waals surface area contributed by atoms with Gasteiger partial charge in [0.05, 0.1) is 0 Å². The summed E-state index contributed by atoms with van der Waals surface area (Å²) < 4.78 is 1.13. The maximum absolute atomic E-state index is 9.44. The molecule has 0 bridgehead atoms. The van der Waals surface area contributed by atoms with E-state index in [1.165, 1.54) is 13.8 Å². The first-order valence-corrected chi connectivity index (χ1v) is 6.55. The van der Waals surface area contributed by atoms with Crippen molar-refractivity contribution in [3.8, 4) is 0 Å². The topological polar surface area (TPSA) is 17.1 Å². The molecule has 0 aliphatic heterocycles. The molecule has 1 aromatic carbocycles. The van der Waals surface area contributed by atoms with Crippen molar-refractivity contribution in [1.82, 2.24) is 0 Å². The molecule has 0 unspecified atom stereocenters. The minimum atomic E-state index is 0.167. The maximum Gasteiger partial charge on any atom is 0.126 e. The van der Waals surface area contributed by atoms with E-state index in [-0.39, 0.29) is 5.78 Å². The summed E-state index contributed by atoms with van der Waals surface area (Å²) in [7, 11) is 0. The van der Waals surface area contributed by atoms with Gasteiger partial charge >= 0.3 is 0 Å². The molecule has 0 radical (unpaired) electrons. The molecule has 0 fully saturated rings. The standard InChI is InChI=1S/C6H5Br.C3H6O.C2H6S/c7-6-4-2-1-3-5-6;1-3(2)4;1-3-2/h1-5H;1-2H3;1-2H3. The Morgan fingerprint density at radius 1 is 1.14 bits per heavy atom.